The maximum atomic E-state index is 11.6. The molecule has 2 rings (SSSR count). The van der Waals surface area contributed by atoms with Crippen molar-refractivity contribution in [1.29, 1.82) is 0 Å². The molecule has 1 saturated carbocycles. The van der Waals surface area contributed by atoms with Gasteiger partial charge in [0.25, 0.3) is 0 Å². The van der Waals surface area contributed by atoms with E-state index in [4.69, 9.17) is 9.47 Å². The number of ether oxygens (including phenoxy) is 2. The number of rotatable bonds is 4. The maximum absolute atomic E-state index is 11.6. The number of hydrogen-bond donors (Lipinski definition) is 0. The summed E-state index contributed by atoms with van der Waals surface area (Å²) in [6.07, 6.45) is 6.76. The van der Waals surface area contributed by atoms with Crippen LogP contribution in [0.5, 0.6) is 6.01 Å². The zero-order chi connectivity index (χ0) is 12.8. The zero-order valence-electron chi connectivity index (χ0n) is 10.5. The lowest BCUT2D eigenvalue weighted by molar-refractivity contribution is -0.149. The minimum Gasteiger partial charge on any atom is -0.466 e. The van der Waals surface area contributed by atoms with Gasteiger partial charge in [-0.05, 0) is 38.7 Å². The van der Waals surface area contributed by atoms with Gasteiger partial charge in [-0.1, -0.05) is 0 Å². The number of carbonyl (C=O) groups is 1. The lowest BCUT2D eigenvalue weighted by Gasteiger charge is -2.26. The monoisotopic (exact) mass is 250 g/mol. The van der Waals surface area contributed by atoms with Crippen molar-refractivity contribution in [3.8, 4) is 6.01 Å². The number of nitrogens with zero attached hydrogens (tertiary/aromatic N) is 2. The van der Waals surface area contributed by atoms with Gasteiger partial charge in [0, 0.05) is 12.4 Å². The SMILES string of the molecule is CCOC(=O)C1CCC(Oc2ncccn2)CC1. The molecule has 18 heavy (non-hydrogen) atoms. The van der Waals surface area contributed by atoms with Gasteiger partial charge in [-0.2, -0.15) is 0 Å². The molecule has 1 aliphatic carbocycles. The Morgan fingerprint density at radius 1 is 1.28 bits per heavy atom. The average Bonchev–Trinajstić information content (AvgIpc) is 2.41. The molecular formula is C13H18N2O3. The molecule has 1 aromatic rings. The van der Waals surface area contributed by atoms with Crippen LogP contribution in [0.15, 0.2) is 18.5 Å². The van der Waals surface area contributed by atoms with Crippen LogP contribution in [-0.2, 0) is 9.53 Å². The van der Waals surface area contributed by atoms with Crippen LogP contribution >= 0.6 is 0 Å². The van der Waals surface area contributed by atoms with Gasteiger partial charge in [0.05, 0.1) is 12.5 Å². The average molecular weight is 250 g/mol. The van der Waals surface area contributed by atoms with E-state index in [2.05, 4.69) is 9.97 Å². The molecule has 0 aliphatic heterocycles. The third-order valence-electron chi connectivity index (χ3n) is 3.11. The predicted octanol–water partition coefficient (Wildman–Crippen LogP) is 1.98. The van der Waals surface area contributed by atoms with E-state index in [9.17, 15) is 4.79 Å². The van der Waals surface area contributed by atoms with Crippen molar-refractivity contribution in [3.05, 3.63) is 18.5 Å². The lowest BCUT2D eigenvalue weighted by atomic mass is 9.87. The topological polar surface area (TPSA) is 61.3 Å². The predicted molar refractivity (Wildman–Crippen MR) is 65.0 cm³/mol. The van der Waals surface area contributed by atoms with E-state index in [0.717, 1.165) is 25.7 Å². The van der Waals surface area contributed by atoms with Crippen molar-refractivity contribution in [3.63, 3.8) is 0 Å². The van der Waals surface area contributed by atoms with Crippen LogP contribution < -0.4 is 4.74 Å². The van der Waals surface area contributed by atoms with Crippen LogP contribution in [0.3, 0.4) is 0 Å². The summed E-state index contributed by atoms with van der Waals surface area (Å²) in [6.45, 7) is 2.28. The fraction of sp³-hybridized carbons (Fsp3) is 0.615. The van der Waals surface area contributed by atoms with Crippen molar-refractivity contribution in [2.24, 2.45) is 5.92 Å². The van der Waals surface area contributed by atoms with Crippen molar-refractivity contribution >= 4 is 5.97 Å². The highest BCUT2D eigenvalue weighted by Gasteiger charge is 2.28. The molecule has 0 bridgehead atoms. The van der Waals surface area contributed by atoms with Gasteiger partial charge in [0.1, 0.15) is 6.10 Å². The smallest absolute Gasteiger partial charge is 0.316 e. The molecule has 0 spiro atoms. The summed E-state index contributed by atoms with van der Waals surface area (Å²) in [4.78, 5) is 19.6. The third-order valence-corrected chi connectivity index (χ3v) is 3.11. The molecule has 0 radical (unpaired) electrons. The van der Waals surface area contributed by atoms with E-state index in [0.29, 0.717) is 12.6 Å². The van der Waals surface area contributed by atoms with E-state index in [1.54, 1.807) is 18.5 Å². The summed E-state index contributed by atoms with van der Waals surface area (Å²) in [5.74, 6) is -0.0478. The highest BCUT2D eigenvalue weighted by Crippen LogP contribution is 2.27. The normalized spacial score (nSPS) is 23.4. The molecule has 1 heterocycles. The van der Waals surface area contributed by atoms with Crippen LogP contribution in [0.2, 0.25) is 0 Å². The number of esters is 1. The summed E-state index contributed by atoms with van der Waals surface area (Å²) >= 11 is 0. The largest absolute Gasteiger partial charge is 0.466 e. The maximum Gasteiger partial charge on any atom is 0.316 e. The van der Waals surface area contributed by atoms with Crippen molar-refractivity contribution in [2.75, 3.05) is 6.61 Å². The Kier molecular flexibility index (Phi) is 4.50. The van der Waals surface area contributed by atoms with Crippen LogP contribution in [0, 0.1) is 5.92 Å². The fourth-order valence-corrected chi connectivity index (χ4v) is 2.17. The molecule has 1 aromatic heterocycles. The lowest BCUT2D eigenvalue weighted by Crippen LogP contribution is -2.29. The number of hydrogen-bond acceptors (Lipinski definition) is 5. The number of aromatic nitrogens is 2. The van der Waals surface area contributed by atoms with E-state index in [-0.39, 0.29) is 18.0 Å². The first kappa shape index (κ1) is 12.8. The highest BCUT2D eigenvalue weighted by atomic mass is 16.5. The summed E-state index contributed by atoms with van der Waals surface area (Å²) < 4.78 is 10.7. The molecule has 5 heteroatoms. The second-order valence-electron chi connectivity index (χ2n) is 4.37. The van der Waals surface area contributed by atoms with Crippen LogP contribution in [0.1, 0.15) is 32.6 Å². The van der Waals surface area contributed by atoms with Crippen LogP contribution in [0.25, 0.3) is 0 Å². The Hall–Kier alpha value is -1.65. The van der Waals surface area contributed by atoms with Gasteiger partial charge in [-0.25, -0.2) is 9.97 Å². The summed E-state index contributed by atoms with van der Waals surface area (Å²) in [5.41, 5.74) is 0. The summed E-state index contributed by atoms with van der Waals surface area (Å²) in [7, 11) is 0. The van der Waals surface area contributed by atoms with Gasteiger partial charge >= 0.3 is 12.0 Å². The summed E-state index contributed by atoms with van der Waals surface area (Å²) in [5, 5.41) is 0. The van der Waals surface area contributed by atoms with Crippen molar-refractivity contribution in [2.45, 2.75) is 38.7 Å². The zero-order valence-corrected chi connectivity index (χ0v) is 10.5. The molecule has 0 amide bonds. The molecular weight excluding hydrogens is 232 g/mol. The van der Waals surface area contributed by atoms with E-state index in [1.807, 2.05) is 6.92 Å². The Balaban J connectivity index is 1.78. The van der Waals surface area contributed by atoms with E-state index < -0.39 is 0 Å². The van der Waals surface area contributed by atoms with Crippen molar-refractivity contribution in [1.82, 2.24) is 9.97 Å². The fourth-order valence-electron chi connectivity index (χ4n) is 2.17. The first-order chi connectivity index (χ1) is 8.79. The third kappa shape index (κ3) is 3.42. The molecule has 0 N–H and O–H groups in total. The Labute approximate surface area is 107 Å². The van der Waals surface area contributed by atoms with Gasteiger partial charge in [-0.15, -0.1) is 0 Å². The standard InChI is InChI=1S/C13H18N2O3/c1-2-17-12(16)10-4-6-11(7-5-10)18-13-14-8-3-9-15-13/h3,8-11H,2,4-7H2,1H3. The van der Waals surface area contributed by atoms with Crippen LogP contribution in [-0.4, -0.2) is 28.6 Å². The van der Waals surface area contributed by atoms with Gasteiger partial charge < -0.3 is 9.47 Å². The minimum absolute atomic E-state index is 0.0292. The molecule has 1 fully saturated rings. The highest BCUT2D eigenvalue weighted by molar-refractivity contribution is 5.72. The Morgan fingerprint density at radius 3 is 2.56 bits per heavy atom. The molecule has 98 valence electrons. The van der Waals surface area contributed by atoms with E-state index >= 15 is 0 Å². The number of carbonyl (C=O) groups excluding carboxylic acids is 1. The first-order valence-electron chi connectivity index (χ1n) is 6.40. The molecule has 5 nitrogen and oxygen atoms in total. The second kappa shape index (κ2) is 6.33. The molecule has 0 unspecified atom stereocenters. The quantitative estimate of drug-likeness (QED) is 0.765. The molecule has 0 atom stereocenters. The summed E-state index contributed by atoms with van der Waals surface area (Å²) in [6, 6.07) is 2.17. The van der Waals surface area contributed by atoms with E-state index in [1.165, 1.54) is 0 Å². The molecule has 0 saturated heterocycles. The first-order valence-corrected chi connectivity index (χ1v) is 6.40. The van der Waals surface area contributed by atoms with Crippen LogP contribution in [0.4, 0.5) is 0 Å². The van der Waals surface area contributed by atoms with Gasteiger partial charge in [0.2, 0.25) is 0 Å². The Morgan fingerprint density at radius 2 is 1.94 bits per heavy atom. The second-order valence-corrected chi connectivity index (χ2v) is 4.37. The van der Waals surface area contributed by atoms with Gasteiger partial charge in [-0.3, -0.25) is 4.79 Å². The minimum atomic E-state index is -0.0769. The van der Waals surface area contributed by atoms with Gasteiger partial charge in [0.15, 0.2) is 0 Å². The van der Waals surface area contributed by atoms with Crippen molar-refractivity contribution < 1.29 is 14.3 Å². The molecule has 0 aromatic carbocycles. The Bertz CT molecular complexity index is 375. The molecule has 1 aliphatic rings.